The predicted molar refractivity (Wildman–Crippen MR) is 65.7 cm³/mol. The van der Waals surface area contributed by atoms with Gasteiger partial charge < -0.3 is 9.47 Å². The summed E-state index contributed by atoms with van der Waals surface area (Å²) in [7, 11) is 0. The summed E-state index contributed by atoms with van der Waals surface area (Å²) in [6.07, 6.45) is 4.28. The van der Waals surface area contributed by atoms with E-state index >= 15 is 0 Å². The molecule has 98 valence electrons. The van der Waals surface area contributed by atoms with Gasteiger partial charge in [-0.25, -0.2) is 0 Å². The Bertz CT molecular complexity index is 311. The largest absolute Gasteiger partial charge is 0.466 e. The van der Waals surface area contributed by atoms with Gasteiger partial charge >= 0.3 is 5.97 Å². The predicted octanol–water partition coefficient (Wildman–Crippen LogP) is 2.92. The first-order valence-electron chi connectivity index (χ1n) is 6.75. The molecule has 3 nitrogen and oxygen atoms in total. The third-order valence-corrected chi connectivity index (χ3v) is 4.48. The van der Waals surface area contributed by atoms with Crippen molar-refractivity contribution in [3.8, 4) is 0 Å². The van der Waals surface area contributed by atoms with Crippen LogP contribution in [0.2, 0.25) is 0 Å². The number of esters is 1. The lowest BCUT2D eigenvalue weighted by atomic mass is 9.67. The van der Waals surface area contributed by atoms with E-state index in [0.717, 1.165) is 18.8 Å². The van der Waals surface area contributed by atoms with Crippen molar-refractivity contribution < 1.29 is 14.3 Å². The van der Waals surface area contributed by atoms with E-state index in [9.17, 15) is 4.79 Å². The first kappa shape index (κ1) is 12.9. The minimum Gasteiger partial charge on any atom is -0.466 e. The second-order valence-corrected chi connectivity index (χ2v) is 6.24. The van der Waals surface area contributed by atoms with Gasteiger partial charge in [-0.2, -0.15) is 0 Å². The van der Waals surface area contributed by atoms with Crippen LogP contribution in [0.3, 0.4) is 0 Å². The maximum Gasteiger partial charge on any atom is 0.306 e. The lowest BCUT2D eigenvalue weighted by Gasteiger charge is -2.35. The fourth-order valence-corrected chi connectivity index (χ4v) is 3.28. The molecule has 17 heavy (non-hydrogen) atoms. The molecule has 3 heteroatoms. The zero-order valence-electron chi connectivity index (χ0n) is 11.4. The zero-order chi connectivity index (χ0) is 12.7. The molecule has 0 aromatic carbocycles. The summed E-state index contributed by atoms with van der Waals surface area (Å²) in [4.78, 5) is 11.6. The first-order valence-corrected chi connectivity index (χ1v) is 6.75. The van der Waals surface area contributed by atoms with E-state index in [1.54, 1.807) is 0 Å². The van der Waals surface area contributed by atoms with Gasteiger partial charge in [0.15, 0.2) is 0 Å². The Hall–Kier alpha value is -0.570. The molecule has 0 unspecified atom stereocenters. The smallest absolute Gasteiger partial charge is 0.306 e. The number of epoxide rings is 1. The molecule has 0 aromatic rings. The van der Waals surface area contributed by atoms with Crippen molar-refractivity contribution in [2.75, 3.05) is 6.61 Å². The van der Waals surface area contributed by atoms with E-state index in [-0.39, 0.29) is 17.0 Å². The molecule has 2 aliphatic rings. The molecule has 1 aliphatic carbocycles. The number of hydrogen-bond donors (Lipinski definition) is 0. The van der Waals surface area contributed by atoms with E-state index in [2.05, 4.69) is 20.8 Å². The molecule has 1 saturated heterocycles. The number of fused-ring (bicyclic) bond motifs is 1. The molecule has 2 fully saturated rings. The summed E-state index contributed by atoms with van der Waals surface area (Å²) in [5.41, 5.74) is -0.156. The van der Waals surface area contributed by atoms with Gasteiger partial charge in [0.25, 0.3) is 0 Å². The van der Waals surface area contributed by atoms with Gasteiger partial charge in [0.1, 0.15) is 5.60 Å². The van der Waals surface area contributed by atoms with Crippen LogP contribution < -0.4 is 0 Å². The van der Waals surface area contributed by atoms with Crippen molar-refractivity contribution in [2.45, 2.75) is 65.1 Å². The van der Waals surface area contributed by atoms with Crippen LogP contribution in [0.15, 0.2) is 0 Å². The molecular weight excluding hydrogens is 216 g/mol. The van der Waals surface area contributed by atoms with Crippen molar-refractivity contribution in [3.63, 3.8) is 0 Å². The van der Waals surface area contributed by atoms with Gasteiger partial charge in [0, 0.05) is 5.41 Å². The van der Waals surface area contributed by atoms with E-state index in [0.29, 0.717) is 19.1 Å². The Kier molecular flexibility index (Phi) is 3.23. The van der Waals surface area contributed by atoms with E-state index in [4.69, 9.17) is 9.47 Å². The minimum atomic E-state index is -0.107. The highest BCUT2D eigenvalue weighted by atomic mass is 16.6. The van der Waals surface area contributed by atoms with Gasteiger partial charge in [-0.05, 0) is 32.1 Å². The van der Waals surface area contributed by atoms with Crippen molar-refractivity contribution in [2.24, 2.45) is 11.3 Å². The Balaban J connectivity index is 1.99. The fraction of sp³-hybridized carbons (Fsp3) is 0.929. The van der Waals surface area contributed by atoms with Crippen LogP contribution in [0.1, 0.15) is 53.4 Å². The van der Waals surface area contributed by atoms with E-state index < -0.39 is 0 Å². The first-order chi connectivity index (χ1) is 7.91. The van der Waals surface area contributed by atoms with Crippen LogP contribution >= 0.6 is 0 Å². The van der Waals surface area contributed by atoms with Gasteiger partial charge in [-0.1, -0.05) is 20.8 Å². The Morgan fingerprint density at radius 1 is 1.53 bits per heavy atom. The topological polar surface area (TPSA) is 38.8 Å². The average molecular weight is 240 g/mol. The molecular formula is C14H24O3. The van der Waals surface area contributed by atoms with Crippen molar-refractivity contribution in [3.05, 3.63) is 0 Å². The monoisotopic (exact) mass is 240 g/mol. The van der Waals surface area contributed by atoms with Gasteiger partial charge in [0.2, 0.25) is 0 Å². The Morgan fingerprint density at radius 2 is 2.24 bits per heavy atom. The molecule has 0 spiro atoms. The summed E-state index contributed by atoms with van der Waals surface area (Å²) in [6.45, 7) is 8.87. The summed E-state index contributed by atoms with van der Waals surface area (Å²) in [6, 6.07) is 0. The van der Waals surface area contributed by atoms with Crippen LogP contribution in [-0.2, 0) is 14.3 Å². The van der Waals surface area contributed by atoms with Crippen LogP contribution in [0, 0.1) is 11.3 Å². The zero-order valence-corrected chi connectivity index (χ0v) is 11.4. The maximum atomic E-state index is 11.6. The fourth-order valence-electron chi connectivity index (χ4n) is 3.28. The van der Waals surface area contributed by atoms with Crippen molar-refractivity contribution in [1.29, 1.82) is 0 Å². The van der Waals surface area contributed by atoms with Crippen LogP contribution in [0.5, 0.6) is 0 Å². The summed E-state index contributed by atoms with van der Waals surface area (Å²) in [5.74, 6) is 0.661. The number of ether oxygens (including phenoxy) is 2. The molecule has 0 radical (unpaired) electrons. The summed E-state index contributed by atoms with van der Waals surface area (Å²) < 4.78 is 11.0. The van der Waals surface area contributed by atoms with Gasteiger partial charge in [0.05, 0.1) is 19.1 Å². The highest BCUT2D eigenvalue weighted by Gasteiger charge is 2.66. The minimum absolute atomic E-state index is 0.0493. The summed E-state index contributed by atoms with van der Waals surface area (Å²) in [5, 5.41) is 0. The average Bonchev–Trinajstić information content (AvgIpc) is 2.92. The molecule has 2 rings (SSSR count). The quantitative estimate of drug-likeness (QED) is 0.560. The normalized spacial score (nSPS) is 36.2. The second-order valence-electron chi connectivity index (χ2n) is 6.24. The van der Waals surface area contributed by atoms with E-state index in [1.807, 2.05) is 6.92 Å². The third-order valence-electron chi connectivity index (χ3n) is 4.48. The number of rotatable bonds is 4. The molecule has 0 N–H and O–H groups in total. The lowest BCUT2D eigenvalue weighted by molar-refractivity contribution is -0.146. The van der Waals surface area contributed by atoms with Crippen LogP contribution in [0.25, 0.3) is 0 Å². The Labute approximate surface area is 104 Å². The van der Waals surface area contributed by atoms with Crippen molar-refractivity contribution in [1.82, 2.24) is 0 Å². The third kappa shape index (κ3) is 2.22. The molecule has 3 atom stereocenters. The number of hydrogen-bond acceptors (Lipinski definition) is 3. The maximum absolute atomic E-state index is 11.6. The van der Waals surface area contributed by atoms with Gasteiger partial charge in [-0.15, -0.1) is 0 Å². The van der Waals surface area contributed by atoms with Crippen LogP contribution in [0.4, 0.5) is 0 Å². The Morgan fingerprint density at radius 3 is 2.82 bits per heavy atom. The van der Waals surface area contributed by atoms with Gasteiger partial charge in [-0.3, -0.25) is 4.79 Å². The molecule has 1 saturated carbocycles. The molecule has 0 aromatic heterocycles. The van der Waals surface area contributed by atoms with Crippen LogP contribution in [-0.4, -0.2) is 24.3 Å². The van der Waals surface area contributed by atoms with E-state index in [1.165, 1.54) is 6.42 Å². The second kappa shape index (κ2) is 4.27. The lowest BCUT2D eigenvalue weighted by Crippen LogP contribution is -2.40. The SMILES string of the molecule is CCOC(=O)CC(C)(C)[C@@]12CC[C@H](C)C[C@H]1O2. The molecule has 0 bridgehead atoms. The number of carbonyl (C=O) groups is 1. The van der Waals surface area contributed by atoms with Crippen molar-refractivity contribution >= 4 is 5.97 Å². The molecule has 1 aliphatic heterocycles. The standard InChI is InChI=1S/C14H24O3/c1-5-16-12(15)9-13(3,4)14-7-6-10(2)8-11(14)17-14/h10-11H,5-9H2,1-4H3/t10-,11+,14+/m0/s1. The molecule has 1 heterocycles. The summed E-state index contributed by atoms with van der Waals surface area (Å²) >= 11 is 0. The molecule has 0 amide bonds. The highest BCUT2D eigenvalue weighted by Crippen LogP contribution is 2.60. The highest BCUT2D eigenvalue weighted by molar-refractivity contribution is 5.70. The number of carbonyl (C=O) groups excluding carboxylic acids is 1.